The van der Waals surface area contributed by atoms with Crippen LogP contribution in [0.15, 0.2) is 34.7 Å². The SMILES string of the molecule is CC(=O)OCC12C(CO)=CCCC1C1(CC(c3ccoc3)OC1=O)C(C)C(O)C2O. The van der Waals surface area contributed by atoms with E-state index in [0.29, 0.717) is 24.8 Å². The lowest BCUT2D eigenvalue weighted by atomic mass is 9.44. The molecule has 3 aliphatic rings. The number of ether oxygens (including phenoxy) is 2. The van der Waals surface area contributed by atoms with Gasteiger partial charge in [0.1, 0.15) is 12.7 Å². The molecule has 0 radical (unpaired) electrons. The fraction of sp³-hybridized carbons (Fsp3) is 0.636. The summed E-state index contributed by atoms with van der Waals surface area (Å²) in [6, 6.07) is 1.74. The summed E-state index contributed by atoms with van der Waals surface area (Å²) in [5.41, 5.74) is -1.16. The molecule has 0 aromatic carbocycles. The number of carbonyl (C=O) groups excluding carboxylic acids is 2. The molecule has 164 valence electrons. The van der Waals surface area contributed by atoms with Crippen LogP contribution in [0, 0.1) is 22.7 Å². The summed E-state index contributed by atoms with van der Waals surface area (Å²) < 4.78 is 16.2. The maximum Gasteiger partial charge on any atom is 0.313 e. The number of rotatable bonds is 4. The fourth-order valence-corrected chi connectivity index (χ4v) is 6.09. The first-order chi connectivity index (χ1) is 14.3. The first kappa shape index (κ1) is 21.1. The third kappa shape index (κ3) is 2.77. The van der Waals surface area contributed by atoms with Crippen molar-refractivity contribution in [1.82, 2.24) is 0 Å². The van der Waals surface area contributed by atoms with Crippen LogP contribution < -0.4 is 0 Å². The molecule has 7 unspecified atom stereocenters. The lowest BCUT2D eigenvalue weighted by Gasteiger charge is -2.60. The van der Waals surface area contributed by atoms with Gasteiger partial charge in [0, 0.05) is 24.8 Å². The highest BCUT2D eigenvalue weighted by Crippen LogP contribution is 2.65. The first-order valence-electron chi connectivity index (χ1n) is 10.3. The zero-order valence-electron chi connectivity index (χ0n) is 17.1. The van der Waals surface area contributed by atoms with Crippen molar-refractivity contribution in [1.29, 1.82) is 0 Å². The largest absolute Gasteiger partial charge is 0.472 e. The van der Waals surface area contributed by atoms with Crippen LogP contribution in [0.4, 0.5) is 0 Å². The summed E-state index contributed by atoms with van der Waals surface area (Å²) >= 11 is 0. The van der Waals surface area contributed by atoms with E-state index in [0.717, 1.165) is 5.56 Å². The zero-order chi connectivity index (χ0) is 21.7. The van der Waals surface area contributed by atoms with Crippen LogP contribution in [-0.4, -0.2) is 52.7 Å². The van der Waals surface area contributed by atoms with Gasteiger partial charge in [0.25, 0.3) is 0 Å². The number of cyclic esters (lactones) is 1. The Morgan fingerprint density at radius 2 is 2.13 bits per heavy atom. The third-order valence-corrected chi connectivity index (χ3v) is 7.62. The topological polar surface area (TPSA) is 126 Å². The number of hydrogen-bond acceptors (Lipinski definition) is 8. The number of esters is 2. The second-order valence-electron chi connectivity index (χ2n) is 8.76. The maximum atomic E-state index is 13.4. The fourth-order valence-electron chi connectivity index (χ4n) is 6.09. The monoisotopic (exact) mass is 420 g/mol. The minimum Gasteiger partial charge on any atom is -0.472 e. The number of fused-ring (bicyclic) bond motifs is 2. The number of furan rings is 1. The number of hydrogen-bond donors (Lipinski definition) is 3. The average Bonchev–Trinajstić information content (AvgIpc) is 3.37. The molecule has 0 amide bonds. The van der Waals surface area contributed by atoms with Crippen LogP contribution in [-0.2, 0) is 19.1 Å². The van der Waals surface area contributed by atoms with Crippen molar-refractivity contribution in [2.24, 2.45) is 22.7 Å². The van der Waals surface area contributed by atoms with Crippen LogP contribution in [0.2, 0.25) is 0 Å². The molecule has 1 aromatic heterocycles. The van der Waals surface area contributed by atoms with Crippen molar-refractivity contribution in [2.75, 3.05) is 13.2 Å². The van der Waals surface area contributed by atoms with Gasteiger partial charge in [0.05, 0.1) is 42.2 Å². The van der Waals surface area contributed by atoms with Crippen molar-refractivity contribution >= 4 is 11.9 Å². The third-order valence-electron chi connectivity index (χ3n) is 7.62. The minimum absolute atomic E-state index is 0.226. The Balaban J connectivity index is 1.85. The second kappa shape index (κ2) is 7.51. The minimum atomic E-state index is -1.30. The molecule has 1 saturated heterocycles. The molecule has 1 saturated carbocycles. The van der Waals surface area contributed by atoms with Gasteiger partial charge in [-0.2, -0.15) is 0 Å². The number of aliphatic hydroxyl groups is 3. The molecule has 2 fully saturated rings. The van der Waals surface area contributed by atoms with E-state index >= 15 is 0 Å². The molecule has 2 aliphatic carbocycles. The number of aliphatic hydroxyl groups excluding tert-OH is 3. The Morgan fingerprint density at radius 1 is 1.37 bits per heavy atom. The van der Waals surface area contributed by atoms with E-state index in [9.17, 15) is 24.9 Å². The van der Waals surface area contributed by atoms with Gasteiger partial charge in [-0.05, 0) is 30.4 Å². The Bertz CT molecular complexity index is 845. The lowest BCUT2D eigenvalue weighted by Crippen LogP contribution is -2.68. The van der Waals surface area contributed by atoms with Gasteiger partial charge < -0.3 is 29.2 Å². The normalized spacial score (nSPS) is 40.6. The maximum absolute atomic E-state index is 13.4. The molecule has 30 heavy (non-hydrogen) atoms. The van der Waals surface area contributed by atoms with Crippen molar-refractivity contribution in [3.8, 4) is 0 Å². The highest BCUT2D eigenvalue weighted by atomic mass is 16.6. The van der Waals surface area contributed by atoms with Gasteiger partial charge in [-0.3, -0.25) is 9.59 Å². The van der Waals surface area contributed by atoms with Gasteiger partial charge in [-0.15, -0.1) is 0 Å². The Labute approximate surface area is 174 Å². The van der Waals surface area contributed by atoms with Crippen molar-refractivity contribution < 1.29 is 38.8 Å². The molecule has 1 aromatic rings. The summed E-state index contributed by atoms with van der Waals surface area (Å²) in [5, 5.41) is 32.4. The molecular weight excluding hydrogens is 392 g/mol. The quantitative estimate of drug-likeness (QED) is 0.494. The van der Waals surface area contributed by atoms with Crippen LogP contribution in [0.3, 0.4) is 0 Å². The van der Waals surface area contributed by atoms with E-state index < -0.39 is 52.9 Å². The van der Waals surface area contributed by atoms with Crippen LogP contribution in [0.5, 0.6) is 0 Å². The number of allylic oxidation sites excluding steroid dienone is 1. The summed E-state index contributed by atoms with van der Waals surface area (Å²) in [6.45, 7) is 2.42. The van der Waals surface area contributed by atoms with Crippen LogP contribution >= 0.6 is 0 Å². The molecule has 0 bridgehead atoms. The molecule has 8 nitrogen and oxygen atoms in total. The standard InChI is InChI=1S/C22H28O8/c1-12-18(25)19(26)22(11-29-13(2)24)15(9-23)4-3-5-17(22)21(12)8-16(30-20(21)27)14-6-7-28-10-14/h4,6-7,10,12,16-19,23,25-26H,3,5,8-9,11H2,1-2H3. The van der Waals surface area contributed by atoms with Crippen LogP contribution in [0.25, 0.3) is 0 Å². The highest BCUT2D eigenvalue weighted by molar-refractivity contribution is 5.81. The van der Waals surface area contributed by atoms with Gasteiger partial charge in [0.2, 0.25) is 0 Å². The Hall–Kier alpha value is -2.16. The molecule has 4 rings (SSSR count). The van der Waals surface area contributed by atoms with Crippen molar-refractivity contribution in [3.05, 3.63) is 35.8 Å². The van der Waals surface area contributed by atoms with Crippen LogP contribution in [0.1, 0.15) is 44.8 Å². The average molecular weight is 420 g/mol. The predicted octanol–water partition coefficient (Wildman–Crippen LogP) is 1.50. The molecule has 2 heterocycles. The summed E-state index contributed by atoms with van der Waals surface area (Å²) in [7, 11) is 0. The van der Waals surface area contributed by atoms with Crippen molar-refractivity contribution in [3.63, 3.8) is 0 Å². The highest BCUT2D eigenvalue weighted by Gasteiger charge is 2.71. The first-order valence-corrected chi connectivity index (χ1v) is 10.3. The lowest BCUT2D eigenvalue weighted by molar-refractivity contribution is -0.217. The zero-order valence-corrected chi connectivity index (χ0v) is 17.1. The van der Waals surface area contributed by atoms with Gasteiger partial charge >= 0.3 is 11.9 Å². The molecule has 7 atom stereocenters. The Morgan fingerprint density at radius 3 is 2.77 bits per heavy atom. The molecular formula is C22H28O8. The predicted molar refractivity (Wildman–Crippen MR) is 103 cm³/mol. The Kier molecular flexibility index (Phi) is 5.28. The second-order valence-corrected chi connectivity index (χ2v) is 8.76. The molecule has 8 heteroatoms. The van der Waals surface area contributed by atoms with Gasteiger partial charge in [0.15, 0.2) is 0 Å². The van der Waals surface area contributed by atoms with E-state index in [2.05, 4.69) is 0 Å². The smallest absolute Gasteiger partial charge is 0.313 e. The molecule has 1 aliphatic heterocycles. The van der Waals surface area contributed by atoms with E-state index in [1.165, 1.54) is 19.5 Å². The molecule has 1 spiro atoms. The van der Waals surface area contributed by atoms with E-state index in [4.69, 9.17) is 13.9 Å². The van der Waals surface area contributed by atoms with Gasteiger partial charge in [-0.25, -0.2) is 0 Å². The van der Waals surface area contributed by atoms with E-state index in [1.54, 1.807) is 13.0 Å². The summed E-state index contributed by atoms with van der Waals surface area (Å²) in [6.07, 6.45) is 3.19. The van der Waals surface area contributed by atoms with E-state index in [-0.39, 0.29) is 13.2 Å². The van der Waals surface area contributed by atoms with Crippen molar-refractivity contribution in [2.45, 2.75) is 51.4 Å². The van der Waals surface area contributed by atoms with Gasteiger partial charge in [-0.1, -0.05) is 13.0 Å². The summed E-state index contributed by atoms with van der Waals surface area (Å²) in [4.78, 5) is 25.1. The summed E-state index contributed by atoms with van der Waals surface area (Å²) in [5.74, 6) is -2.05. The molecule has 3 N–H and O–H groups in total. The number of carbonyl (C=O) groups is 2. The van der Waals surface area contributed by atoms with E-state index in [1.807, 2.05) is 6.08 Å².